The van der Waals surface area contributed by atoms with Gasteiger partial charge in [0.2, 0.25) is 5.78 Å². The van der Waals surface area contributed by atoms with E-state index in [1.165, 1.54) is 0 Å². The number of aromatic nitrogens is 4. The van der Waals surface area contributed by atoms with Crippen molar-refractivity contribution >= 4 is 34.5 Å². The zero-order valence-electron chi connectivity index (χ0n) is 8.67. The molecule has 0 aliphatic carbocycles. The van der Waals surface area contributed by atoms with Gasteiger partial charge in [-0.25, -0.2) is 15.0 Å². The Balaban J connectivity index is 1.91. The number of imidazole rings is 1. The standard InChI is InChI=1S/C10H8ClN5S/c11-7-5-8(14-6-9-12-2-4-17-9)16-3-1-13-10(16)15-7/h1-5,14H,6H2. The van der Waals surface area contributed by atoms with Crippen molar-refractivity contribution in [3.05, 3.63) is 40.2 Å². The van der Waals surface area contributed by atoms with Gasteiger partial charge in [-0.1, -0.05) is 11.6 Å². The zero-order chi connectivity index (χ0) is 11.7. The summed E-state index contributed by atoms with van der Waals surface area (Å²) < 4.78 is 1.85. The number of hydrogen-bond acceptors (Lipinski definition) is 5. The molecule has 3 heterocycles. The Morgan fingerprint density at radius 3 is 3.12 bits per heavy atom. The fourth-order valence-electron chi connectivity index (χ4n) is 1.52. The summed E-state index contributed by atoms with van der Waals surface area (Å²) in [7, 11) is 0. The van der Waals surface area contributed by atoms with Crippen molar-refractivity contribution in [1.82, 2.24) is 19.4 Å². The number of halogens is 1. The molecule has 0 atom stereocenters. The first kappa shape index (κ1) is 10.5. The molecule has 0 aliphatic rings. The number of thiazole rings is 1. The topological polar surface area (TPSA) is 55.1 Å². The Hall–Kier alpha value is -1.66. The highest BCUT2D eigenvalue weighted by atomic mass is 35.5. The van der Waals surface area contributed by atoms with Crippen LogP contribution in [0.25, 0.3) is 5.78 Å². The number of anilines is 1. The van der Waals surface area contributed by atoms with Gasteiger partial charge in [0.1, 0.15) is 16.0 Å². The second-order valence-electron chi connectivity index (χ2n) is 3.34. The number of fused-ring (bicyclic) bond motifs is 1. The van der Waals surface area contributed by atoms with Gasteiger partial charge >= 0.3 is 0 Å². The molecule has 0 radical (unpaired) electrons. The molecule has 5 nitrogen and oxygen atoms in total. The zero-order valence-corrected chi connectivity index (χ0v) is 10.2. The molecule has 0 spiro atoms. The lowest BCUT2D eigenvalue weighted by Crippen LogP contribution is -2.04. The highest BCUT2D eigenvalue weighted by Gasteiger charge is 2.05. The Labute approximate surface area is 106 Å². The highest BCUT2D eigenvalue weighted by molar-refractivity contribution is 7.09. The van der Waals surface area contributed by atoms with Gasteiger partial charge in [0.25, 0.3) is 0 Å². The minimum atomic E-state index is 0.422. The monoisotopic (exact) mass is 265 g/mol. The number of hydrogen-bond donors (Lipinski definition) is 1. The van der Waals surface area contributed by atoms with E-state index in [0.29, 0.717) is 17.5 Å². The average molecular weight is 266 g/mol. The molecular weight excluding hydrogens is 258 g/mol. The molecule has 17 heavy (non-hydrogen) atoms. The van der Waals surface area contributed by atoms with Gasteiger partial charge in [0.05, 0.1) is 6.54 Å². The predicted octanol–water partition coefficient (Wildman–Crippen LogP) is 2.45. The van der Waals surface area contributed by atoms with Crippen LogP contribution in [0.1, 0.15) is 5.01 Å². The third-order valence-corrected chi connectivity index (χ3v) is 3.22. The van der Waals surface area contributed by atoms with Gasteiger partial charge in [0, 0.05) is 30.0 Å². The van der Waals surface area contributed by atoms with Crippen LogP contribution in [0, 0.1) is 0 Å². The van der Waals surface area contributed by atoms with Gasteiger partial charge in [-0.05, 0) is 0 Å². The molecule has 7 heteroatoms. The second kappa shape index (κ2) is 4.31. The second-order valence-corrected chi connectivity index (χ2v) is 4.71. The quantitative estimate of drug-likeness (QED) is 0.739. The molecule has 3 rings (SSSR count). The minimum absolute atomic E-state index is 0.422. The molecule has 0 saturated heterocycles. The van der Waals surface area contributed by atoms with Gasteiger partial charge in [-0.2, -0.15) is 0 Å². The largest absolute Gasteiger partial charge is 0.365 e. The molecule has 0 unspecified atom stereocenters. The van der Waals surface area contributed by atoms with Crippen molar-refractivity contribution in [2.45, 2.75) is 6.54 Å². The van der Waals surface area contributed by atoms with Crippen LogP contribution in [0.5, 0.6) is 0 Å². The first-order valence-corrected chi connectivity index (χ1v) is 6.20. The summed E-state index contributed by atoms with van der Waals surface area (Å²) in [5, 5.41) is 6.65. The van der Waals surface area contributed by atoms with Gasteiger partial charge in [-0.3, -0.25) is 4.40 Å². The van der Waals surface area contributed by atoms with Crippen LogP contribution in [0.4, 0.5) is 5.82 Å². The molecule has 0 fully saturated rings. The van der Waals surface area contributed by atoms with Crippen LogP contribution in [0.15, 0.2) is 30.0 Å². The van der Waals surface area contributed by atoms with Crippen molar-refractivity contribution in [1.29, 1.82) is 0 Å². The molecule has 0 bridgehead atoms. The summed E-state index contributed by atoms with van der Waals surface area (Å²) in [5.41, 5.74) is 0. The van der Waals surface area contributed by atoms with E-state index < -0.39 is 0 Å². The maximum Gasteiger partial charge on any atom is 0.236 e. The van der Waals surface area contributed by atoms with Gasteiger partial charge in [0.15, 0.2) is 0 Å². The Morgan fingerprint density at radius 1 is 1.35 bits per heavy atom. The molecule has 86 valence electrons. The normalized spacial score (nSPS) is 10.9. The maximum atomic E-state index is 5.92. The Morgan fingerprint density at radius 2 is 2.29 bits per heavy atom. The molecule has 3 aromatic rings. The van der Waals surface area contributed by atoms with E-state index in [-0.39, 0.29) is 0 Å². The van der Waals surface area contributed by atoms with E-state index in [0.717, 1.165) is 10.8 Å². The molecule has 0 saturated carbocycles. The molecule has 0 aliphatic heterocycles. The summed E-state index contributed by atoms with van der Waals surface area (Å²) in [6, 6.07) is 1.77. The predicted molar refractivity (Wildman–Crippen MR) is 67.4 cm³/mol. The Kier molecular flexibility index (Phi) is 2.66. The summed E-state index contributed by atoms with van der Waals surface area (Å²) >= 11 is 7.53. The lowest BCUT2D eigenvalue weighted by Gasteiger charge is -2.07. The smallest absolute Gasteiger partial charge is 0.236 e. The first-order valence-electron chi connectivity index (χ1n) is 4.95. The first-order chi connectivity index (χ1) is 8.33. The van der Waals surface area contributed by atoms with E-state index in [2.05, 4.69) is 20.3 Å². The summed E-state index contributed by atoms with van der Waals surface area (Å²) in [4.78, 5) is 12.4. The molecular formula is C10H8ClN5S. The van der Waals surface area contributed by atoms with Crippen LogP contribution in [-0.2, 0) is 6.54 Å². The number of rotatable bonds is 3. The lowest BCUT2D eigenvalue weighted by atomic mass is 10.5. The Bertz CT molecular complexity index is 633. The van der Waals surface area contributed by atoms with Crippen molar-refractivity contribution < 1.29 is 0 Å². The van der Waals surface area contributed by atoms with Crippen LogP contribution < -0.4 is 5.32 Å². The van der Waals surface area contributed by atoms with Crippen LogP contribution in [0.3, 0.4) is 0 Å². The van der Waals surface area contributed by atoms with E-state index in [1.54, 1.807) is 29.8 Å². The fraction of sp³-hybridized carbons (Fsp3) is 0.100. The third kappa shape index (κ3) is 2.09. The van der Waals surface area contributed by atoms with Crippen LogP contribution in [-0.4, -0.2) is 19.4 Å². The third-order valence-electron chi connectivity index (χ3n) is 2.25. The van der Waals surface area contributed by atoms with E-state index in [4.69, 9.17) is 11.6 Å². The summed E-state index contributed by atoms with van der Waals surface area (Å²) in [5.74, 6) is 1.44. The SMILES string of the molecule is Clc1cc(NCc2nccs2)n2ccnc2n1. The van der Waals surface area contributed by atoms with Crippen LogP contribution >= 0.6 is 22.9 Å². The lowest BCUT2D eigenvalue weighted by molar-refractivity contribution is 1.03. The average Bonchev–Trinajstić information content (AvgIpc) is 2.95. The van der Waals surface area contributed by atoms with Gasteiger partial charge < -0.3 is 5.32 Å². The maximum absolute atomic E-state index is 5.92. The minimum Gasteiger partial charge on any atom is -0.365 e. The molecule has 0 amide bonds. The van der Waals surface area contributed by atoms with Crippen LogP contribution in [0.2, 0.25) is 5.15 Å². The van der Waals surface area contributed by atoms with Crippen molar-refractivity contribution in [2.24, 2.45) is 0 Å². The number of nitrogens with zero attached hydrogens (tertiary/aromatic N) is 4. The molecule has 0 aromatic carbocycles. The van der Waals surface area contributed by atoms with Crippen molar-refractivity contribution in [2.75, 3.05) is 5.32 Å². The highest BCUT2D eigenvalue weighted by Crippen LogP contribution is 2.16. The number of nitrogens with one attached hydrogen (secondary N) is 1. The summed E-state index contributed by atoms with van der Waals surface area (Å²) in [6.45, 7) is 0.658. The molecule has 1 N–H and O–H groups in total. The van der Waals surface area contributed by atoms with Crippen molar-refractivity contribution in [3.8, 4) is 0 Å². The van der Waals surface area contributed by atoms with E-state index in [1.807, 2.05) is 16.0 Å². The summed E-state index contributed by atoms with van der Waals surface area (Å²) in [6.07, 6.45) is 5.31. The fourth-order valence-corrected chi connectivity index (χ4v) is 2.25. The van der Waals surface area contributed by atoms with Gasteiger partial charge in [-0.15, -0.1) is 11.3 Å². The van der Waals surface area contributed by atoms with E-state index >= 15 is 0 Å². The molecule has 3 aromatic heterocycles. The van der Waals surface area contributed by atoms with E-state index in [9.17, 15) is 0 Å². The van der Waals surface area contributed by atoms with Crippen molar-refractivity contribution in [3.63, 3.8) is 0 Å².